The number of hydrogen-bond donors (Lipinski definition) is 1. The third-order valence-electron chi connectivity index (χ3n) is 6.04. The Morgan fingerprint density at radius 2 is 1.84 bits per heavy atom. The fourth-order valence-electron chi connectivity index (χ4n) is 3.76. The van der Waals surface area contributed by atoms with Crippen LogP contribution in [0.15, 0.2) is 72.8 Å². The number of anilines is 1. The molecule has 5 rings (SSSR count). The average Bonchev–Trinajstić information content (AvgIpc) is 3.33. The number of ether oxygens (including phenoxy) is 2. The summed E-state index contributed by atoms with van der Waals surface area (Å²) < 4.78 is 40.5. The fourth-order valence-corrected chi connectivity index (χ4v) is 3.94. The molecule has 37 heavy (non-hydrogen) atoms. The normalized spacial score (nSPS) is 18.3. The predicted molar refractivity (Wildman–Crippen MR) is 136 cm³/mol. The molecule has 0 bridgehead atoms. The molecule has 1 N–H and O–H groups in total. The zero-order chi connectivity index (χ0) is 26.0. The monoisotopic (exact) mass is 524 g/mol. The molecule has 7 nitrogen and oxygen atoms in total. The molecule has 1 aromatic heterocycles. The SMILES string of the molecule is COc1ccc(CCOc2nc(-c3ccccc3F)n(-c3ccc(NC(=O)[C@]4(Cl)C[C@@H]4F)cc3)n2)cc1. The smallest absolute Gasteiger partial charge is 0.336 e. The van der Waals surface area contributed by atoms with E-state index in [0.717, 1.165) is 11.3 Å². The lowest BCUT2D eigenvalue weighted by Crippen LogP contribution is -2.27. The molecule has 2 atom stereocenters. The molecule has 1 heterocycles. The van der Waals surface area contributed by atoms with Crippen LogP contribution >= 0.6 is 11.6 Å². The van der Waals surface area contributed by atoms with Gasteiger partial charge in [0.15, 0.2) is 10.7 Å². The number of carbonyl (C=O) groups is 1. The van der Waals surface area contributed by atoms with E-state index < -0.39 is 22.8 Å². The van der Waals surface area contributed by atoms with Crippen molar-refractivity contribution < 1.29 is 23.0 Å². The Bertz CT molecular complexity index is 1410. The van der Waals surface area contributed by atoms with E-state index in [4.69, 9.17) is 21.1 Å². The summed E-state index contributed by atoms with van der Waals surface area (Å²) in [7, 11) is 1.61. The number of hydrogen-bond acceptors (Lipinski definition) is 5. The zero-order valence-corrected chi connectivity index (χ0v) is 20.6. The molecule has 4 aromatic rings. The second kappa shape index (κ2) is 10.2. The minimum absolute atomic E-state index is 0.00926. The molecule has 3 aromatic carbocycles. The third kappa shape index (κ3) is 5.27. The van der Waals surface area contributed by atoms with Crippen LogP contribution in [0.25, 0.3) is 17.1 Å². The van der Waals surface area contributed by atoms with Crippen molar-refractivity contribution in [3.05, 3.63) is 84.2 Å². The molecule has 10 heteroatoms. The largest absolute Gasteiger partial charge is 0.497 e. The van der Waals surface area contributed by atoms with E-state index in [-0.39, 0.29) is 23.8 Å². The van der Waals surface area contributed by atoms with E-state index >= 15 is 0 Å². The Labute approximate surface area is 217 Å². The van der Waals surface area contributed by atoms with Crippen molar-refractivity contribution in [3.63, 3.8) is 0 Å². The van der Waals surface area contributed by atoms with Crippen molar-refractivity contribution >= 4 is 23.2 Å². The van der Waals surface area contributed by atoms with E-state index in [1.807, 2.05) is 24.3 Å². The van der Waals surface area contributed by atoms with Gasteiger partial charge < -0.3 is 14.8 Å². The minimum atomic E-state index is -1.50. The van der Waals surface area contributed by atoms with Crippen molar-refractivity contribution in [2.75, 3.05) is 19.0 Å². The Balaban J connectivity index is 1.36. The van der Waals surface area contributed by atoms with Crippen LogP contribution in [-0.2, 0) is 11.2 Å². The molecule has 190 valence electrons. The topological polar surface area (TPSA) is 78.3 Å². The minimum Gasteiger partial charge on any atom is -0.497 e. The summed E-state index contributed by atoms with van der Waals surface area (Å²) in [4.78, 5) is 15.1. The highest BCUT2D eigenvalue weighted by Gasteiger charge is 2.60. The summed E-state index contributed by atoms with van der Waals surface area (Å²) in [6, 6.07) is 20.6. The Morgan fingerprint density at radius 3 is 2.49 bits per heavy atom. The highest BCUT2D eigenvalue weighted by molar-refractivity contribution is 6.39. The van der Waals surface area contributed by atoms with E-state index in [1.54, 1.807) is 49.6 Å². The van der Waals surface area contributed by atoms with Gasteiger partial charge in [-0.1, -0.05) is 24.3 Å². The number of alkyl halides is 2. The van der Waals surface area contributed by atoms with E-state index in [1.165, 1.54) is 10.7 Å². The van der Waals surface area contributed by atoms with Gasteiger partial charge in [-0.05, 0) is 54.1 Å². The molecule has 0 spiro atoms. The molecular weight excluding hydrogens is 502 g/mol. The van der Waals surface area contributed by atoms with Crippen molar-refractivity contribution in [1.82, 2.24) is 14.8 Å². The van der Waals surface area contributed by atoms with Crippen LogP contribution in [-0.4, -0.2) is 45.4 Å². The maximum atomic E-state index is 14.6. The number of halogens is 3. The highest BCUT2D eigenvalue weighted by atomic mass is 35.5. The first-order valence-corrected chi connectivity index (χ1v) is 12.0. The van der Waals surface area contributed by atoms with Gasteiger partial charge in [-0.2, -0.15) is 4.98 Å². The van der Waals surface area contributed by atoms with Crippen molar-refractivity contribution in [1.29, 1.82) is 0 Å². The number of nitrogens with one attached hydrogen (secondary N) is 1. The molecule has 1 amide bonds. The summed E-state index contributed by atoms with van der Waals surface area (Å²) in [5.41, 5.74) is 2.31. The van der Waals surface area contributed by atoms with Gasteiger partial charge in [0.05, 0.1) is 25.0 Å². The van der Waals surface area contributed by atoms with Crippen LogP contribution in [0.5, 0.6) is 11.8 Å². The Kier molecular flexibility index (Phi) is 6.80. The van der Waals surface area contributed by atoms with Gasteiger partial charge in [0.1, 0.15) is 17.7 Å². The van der Waals surface area contributed by atoms with Crippen LogP contribution < -0.4 is 14.8 Å². The molecule has 1 aliphatic rings. The first-order chi connectivity index (χ1) is 17.9. The number of nitrogens with zero attached hydrogens (tertiary/aromatic N) is 3. The van der Waals surface area contributed by atoms with Crippen LogP contribution in [0.2, 0.25) is 0 Å². The molecule has 1 aliphatic carbocycles. The number of amides is 1. The van der Waals surface area contributed by atoms with Crippen molar-refractivity contribution in [2.45, 2.75) is 23.9 Å². The summed E-state index contributed by atoms with van der Waals surface area (Å²) in [6.07, 6.45) is -0.746. The molecule has 0 aliphatic heterocycles. The zero-order valence-electron chi connectivity index (χ0n) is 19.8. The molecule has 0 radical (unpaired) electrons. The van der Waals surface area contributed by atoms with Gasteiger partial charge in [-0.15, -0.1) is 16.7 Å². The van der Waals surface area contributed by atoms with Gasteiger partial charge in [-0.25, -0.2) is 13.5 Å². The van der Waals surface area contributed by atoms with Gasteiger partial charge in [0.2, 0.25) is 5.91 Å². The summed E-state index contributed by atoms with van der Waals surface area (Å²) in [6.45, 7) is 0.313. The molecule has 1 saturated carbocycles. The Hall–Kier alpha value is -3.98. The molecule has 0 saturated heterocycles. The van der Waals surface area contributed by atoms with Crippen LogP contribution in [0.1, 0.15) is 12.0 Å². The van der Waals surface area contributed by atoms with Crippen LogP contribution in [0, 0.1) is 5.82 Å². The highest BCUT2D eigenvalue weighted by Crippen LogP contribution is 2.46. The average molecular weight is 525 g/mol. The lowest BCUT2D eigenvalue weighted by Gasteiger charge is -2.10. The van der Waals surface area contributed by atoms with E-state index in [0.29, 0.717) is 24.4 Å². The van der Waals surface area contributed by atoms with Crippen molar-refractivity contribution in [3.8, 4) is 28.8 Å². The van der Waals surface area contributed by atoms with Gasteiger partial charge in [-0.3, -0.25) is 4.79 Å². The lowest BCUT2D eigenvalue weighted by molar-refractivity contribution is -0.116. The second-order valence-corrected chi connectivity index (χ2v) is 9.27. The standard InChI is InChI=1S/C27H23ClF2N4O3/c1-36-20-12-6-17(7-13-20)14-15-37-26-32-24(21-4-2-3-5-22(21)29)34(33-26)19-10-8-18(9-11-19)31-25(35)27(28)16-23(27)30/h2-13,23H,14-16H2,1H3,(H,31,35)/t23-,27-/m0/s1. The number of rotatable bonds is 9. The van der Waals surface area contributed by atoms with Crippen LogP contribution in [0.4, 0.5) is 14.5 Å². The summed E-state index contributed by atoms with van der Waals surface area (Å²) >= 11 is 5.96. The van der Waals surface area contributed by atoms with Gasteiger partial charge in [0, 0.05) is 18.5 Å². The number of methoxy groups -OCH3 is 1. The Morgan fingerprint density at radius 1 is 1.14 bits per heavy atom. The second-order valence-electron chi connectivity index (χ2n) is 8.59. The quantitative estimate of drug-likeness (QED) is 0.298. The predicted octanol–water partition coefficient (Wildman–Crippen LogP) is 5.36. The van der Waals surface area contributed by atoms with Gasteiger partial charge >= 0.3 is 6.01 Å². The fraction of sp³-hybridized carbons (Fsp3) is 0.222. The van der Waals surface area contributed by atoms with E-state index in [9.17, 15) is 13.6 Å². The van der Waals surface area contributed by atoms with Crippen molar-refractivity contribution in [2.24, 2.45) is 0 Å². The van der Waals surface area contributed by atoms with Gasteiger partial charge in [0.25, 0.3) is 0 Å². The number of carbonyl (C=O) groups excluding carboxylic acids is 1. The summed E-state index contributed by atoms with van der Waals surface area (Å²) in [5, 5.41) is 7.06. The summed E-state index contributed by atoms with van der Waals surface area (Å²) in [5.74, 6) is -0.0176. The van der Waals surface area contributed by atoms with Crippen LogP contribution in [0.3, 0.4) is 0 Å². The molecule has 0 unspecified atom stereocenters. The third-order valence-corrected chi connectivity index (χ3v) is 6.61. The maximum absolute atomic E-state index is 14.6. The molecular formula is C27H23ClF2N4O3. The maximum Gasteiger partial charge on any atom is 0.336 e. The van der Waals surface area contributed by atoms with E-state index in [2.05, 4.69) is 15.4 Å². The first-order valence-electron chi connectivity index (χ1n) is 11.6. The number of aromatic nitrogens is 3. The lowest BCUT2D eigenvalue weighted by atomic mass is 10.1. The first kappa shape index (κ1) is 24.7. The number of benzene rings is 3. The molecule has 1 fully saturated rings.